The molecule has 2 rings (SSSR count). The standard InChI is InChI=1S/C11H15NO2S2/c1-9-2-4-11(5-3-9)16(13,14)12-10-6-7-15-8-10/h2-5,10,12H,6-8H2,1H3/t10-/m1/s1. The number of benzene rings is 1. The van der Waals surface area contributed by atoms with Gasteiger partial charge in [0.05, 0.1) is 4.90 Å². The number of hydrogen-bond donors (Lipinski definition) is 1. The quantitative estimate of drug-likeness (QED) is 0.898. The van der Waals surface area contributed by atoms with Crippen molar-refractivity contribution < 1.29 is 8.42 Å². The molecule has 1 aromatic rings. The molecule has 0 amide bonds. The lowest BCUT2D eigenvalue weighted by Gasteiger charge is -2.11. The summed E-state index contributed by atoms with van der Waals surface area (Å²) in [5.41, 5.74) is 1.07. The van der Waals surface area contributed by atoms with E-state index in [0.717, 1.165) is 23.5 Å². The molecule has 1 fully saturated rings. The molecular weight excluding hydrogens is 242 g/mol. The fourth-order valence-corrected chi connectivity index (χ4v) is 4.16. The number of nitrogens with one attached hydrogen (secondary N) is 1. The maximum Gasteiger partial charge on any atom is 0.240 e. The third kappa shape index (κ3) is 2.78. The molecule has 16 heavy (non-hydrogen) atoms. The van der Waals surface area contributed by atoms with Gasteiger partial charge in [-0.15, -0.1) is 0 Å². The first-order valence-electron chi connectivity index (χ1n) is 5.25. The number of aryl methyl sites for hydroxylation is 1. The Balaban J connectivity index is 2.14. The number of hydrogen-bond acceptors (Lipinski definition) is 3. The zero-order valence-corrected chi connectivity index (χ0v) is 10.8. The van der Waals surface area contributed by atoms with Gasteiger partial charge in [-0.25, -0.2) is 13.1 Å². The highest BCUT2D eigenvalue weighted by atomic mass is 32.2. The zero-order chi connectivity index (χ0) is 11.6. The monoisotopic (exact) mass is 257 g/mol. The van der Waals surface area contributed by atoms with Gasteiger partial charge < -0.3 is 0 Å². The Morgan fingerprint density at radius 2 is 2.00 bits per heavy atom. The molecule has 0 unspecified atom stereocenters. The maximum absolute atomic E-state index is 12.0. The fraction of sp³-hybridized carbons (Fsp3) is 0.455. The van der Waals surface area contributed by atoms with Crippen molar-refractivity contribution in [3.05, 3.63) is 29.8 Å². The predicted octanol–water partition coefficient (Wildman–Crippen LogP) is 1.78. The van der Waals surface area contributed by atoms with Gasteiger partial charge in [-0.05, 0) is 31.2 Å². The molecule has 88 valence electrons. The summed E-state index contributed by atoms with van der Waals surface area (Å²) in [6, 6.07) is 7.03. The fourth-order valence-electron chi connectivity index (χ4n) is 1.63. The van der Waals surface area contributed by atoms with E-state index in [1.165, 1.54) is 0 Å². The van der Waals surface area contributed by atoms with Crippen molar-refractivity contribution >= 4 is 21.8 Å². The van der Waals surface area contributed by atoms with Gasteiger partial charge in [-0.1, -0.05) is 17.7 Å². The Bertz CT molecular complexity index is 447. The SMILES string of the molecule is Cc1ccc(S(=O)(=O)N[C@@H]2CCSC2)cc1. The number of rotatable bonds is 3. The third-order valence-corrected chi connectivity index (χ3v) is 5.28. The molecule has 1 aliphatic rings. The highest BCUT2D eigenvalue weighted by molar-refractivity contribution is 7.99. The van der Waals surface area contributed by atoms with Crippen molar-refractivity contribution in [1.82, 2.24) is 4.72 Å². The van der Waals surface area contributed by atoms with E-state index in [1.807, 2.05) is 19.1 Å². The van der Waals surface area contributed by atoms with E-state index in [-0.39, 0.29) is 6.04 Å². The molecule has 0 radical (unpaired) electrons. The molecule has 3 nitrogen and oxygen atoms in total. The zero-order valence-electron chi connectivity index (χ0n) is 9.14. The van der Waals surface area contributed by atoms with Crippen molar-refractivity contribution in [3.8, 4) is 0 Å². The van der Waals surface area contributed by atoms with Crippen LogP contribution in [0.15, 0.2) is 29.2 Å². The van der Waals surface area contributed by atoms with Crippen LogP contribution in [0.5, 0.6) is 0 Å². The van der Waals surface area contributed by atoms with Crippen molar-refractivity contribution in [1.29, 1.82) is 0 Å². The van der Waals surface area contributed by atoms with E-state index in [9.17, 15) is 8.42 Å². The number of thioether (sulfide) groups is 1. The minimum atomic E-state index is -3.32. The van der Waals surface area contributed by atoms with Gasteiger partial charge in [0.25, 0.3) is 0 Å². The van der Waals surface area contributed by atoms with Crippen LogP contribution in [0.1, 0.15) is 12.0 Å². The largest absolute Gasteiger partial charge is 0.240 e. The van der Waals surface area contributed by atoms with Crippen LogP contribution >= 0.6 is 11.8 Å². The van der Waals surface area contributed by atoms with Crippen LogP contribution in [-0.2, 0) is 10.0 Å². The molecule has 1 aliphatic heterocycles. The Morgan fingerprint density at radius 1 is 1.31 bits per heavy atom. The summed E-state index contributed by atoms with van der Waals surface area (Å²) in [7, 11) is -3.32. The van der Waals surface area contributed by atoms with Crippen molar-refractivity contribution in [2.75, 3.05) is 11.5 Å². The minimum Gasteiger partial charge on any atom is -0.207 e. The van der Waals surface area contributed by atoms with E-state index in [4.69, 9.17) is 0 Å². The second-order valence-corrected chi connectivity index (χ2v) is 6.86. The van der Waals surface area contributed by atoms with Crippen molar-refractivity contribution in [2.24, 2.45) is 0 Å². The van der Waals surface area contributed by atoms with Crippen LogP contribution in [-0.4, -0.2) is 26.0 Å². The minimum absolute atomic E-state index is 0.0938. The second kappa shape index (κ2) is 4.77. The lowest BCUT2D eigenvalue weighted by atomic mass is 10.2. The van der Waals surface area contributed by atoms with Crippen LogP contribution in [0, 0.1) is 6.92 Å². The molecule has 0 aliphatic carbocycles. The van der Waals surface area contributed by atoms with Gasteiger partial charge in [0, 0.05) is 11.8 Å². The third-order valence-electron chi connectivity index (χ3n) is 2.58. The first-order chi connectivity index (χ1) is 7.58. The Kier molecular flexibility index (Phi) is 3.56. The van der Waals surface area contributed by atoms with Gasteiger partial charge in [-0.2, -0.15) is 11.8 Å². The topological polar surface area (TPSA) is 46.2 Å². The average molecular weight is 257 g/mol. The summed E-state index contributed by atoms with van der Waals surface area (Å²) < 4.78 is 26.7. The van der Waals surface area contributed by atoms with Crippen LogP contribution < -0.4 is 4.72 Å². The smallest absolute Gasteiger partial charge is 0.207 e. The molecule has 0 saturated carbocycles. The van der Waals surface area contributed by atoms with Crippen LogP contribution in [0.25, 0.3) is 0 Å². The molecule has 0 bridgehead atoms. The molecule has 0 spiro atoms. The first-order valence-corrected chi connectivity index (χ1v) is 7.88. The predicted molar refractivity (Wildman–Crippen MR) is 67.2 cm³/mol. The molecule has 1 aromatic carbocycles. The summed E-state index contributed by atoms with van der Waals surface area (Å²) in [4.78, 5) is 0.356. The summed E-state index contributed by atoms with van der Waals surface area (Å²) in [5.74, 6) is 1.92. The van der Waals surface area contributed by atoms with Crippen molar-refractivity contribution in [2.45, 2.75) is 24.3 Å². The maximum atomic E-state index is 12.0. The van der Waals surface area contributed by atoms with Crippen LogP contribution in [0.3, 0.4) is 0 Å². The highest BCUT2D eigenvalue weighted by Crippen LogP contribution is 2.19. The molecule has 0 aromatic heterocycles. The molecule has 1 atom stereocenters. The first kappa shape index (κ1) is 12.0. The van der Waals surface area contributed by atoms with E-state index in [1.54, 1.807) is 23.9 Å². The summed E-state index contributed by atoms with van der Waals surface area (Å²) in [6.07, 6.45) is 0.926. The Hall–Kier alpha value is -0.520. The summed E-state index contributed by atoms with van der Waals surface area (Å²) in [5, 5.41) is 0. The van der Waals surface area contributed by atoms with Crippen molar-refractivity contribution in [3.63, 3.8) is 0 Å². The molecule has 5 heteroatoms. The highest BCUT2D eigenvalue weighted by Gasteiger charge is 2.22. The van der Waals surface area contributed by atoms with Gasteiger partial charge in [0.15, 0.2) is 0 Å². The Labute approximate surface area is 101 Å². The van der Waals surface area contributed by atoms with E-state index >= 15 is 0 Å². The Morgan fingerprint density at radius 3 is 2.56 bits per heavy atom. The van der Waals surface area contributed by atoms with Gasteiger partial charge >= 0.3 is 0 Å². The second-order valence-electron chi connectivity index (χ2n) is 3.99. The van der Waals surface area contributed by atoms with Gasteiger partial charge in [-0.3, -0.25) is 0 Å². The van der Waals surface area contributed by atoms with Crippen LogP contribution in [0.2, 0.25) is 0 Å². The van der Waals surface area contributed by atoms with E-state index in [2.05, 4.69) is 4.72 Å². The van der Waals surface area contributed by atoms with Crippen LogP contribution in [0.4, 0.5) is 0 Å². The lowest BCUT2D eigenvalue weighted by Crippen LogP contribution is -2.34. The molecule has 1 heterocycles. The lowest BCUT2D eigenvalue weighted by molar-refractivity contribution is 0.563. The van der Waals surface area contributed by atoms with Gasteiger partial charge in [0.1, 0.15) is 0 Å². The number of sulfonamides is 1. The molecule has 1 N–H and O–H groups in total. The molecule has 1 saturated heterocycles. The summed E-state index contributed by atoms with van der Waals surface area (Å²) >= 11 is 1.79. The van der Waals surface area contributed by atoms with E-state index in [0.29, 0.717) is 4.90 Å². The van der Waals surface area contributed by atoms with Gasteiger partial charge in [0.2, 0.25) is 10.0 Å². The average Bonchev–Trinajstić information content (AvgIpc) is 2.70. The molecular formula is C11H15NO2S2. The summed E-state index contributed by atoms with van der Waals surface area (Å²) in [6.45, 7) is 1.94. The normalized spacial score (nSPS) is 21.2. The van der Waals surface area contributed by atoms with E-state index < -0.39 is 10.0 Å².